The van der Waals surface area contributed by atoms with E-state index in [-0.39, 0.29) is 0 Å². The number of carbonyl (C=O) groups excluding carboxylic acids is 1. The molecule has 0 saturated heterocycles. The van der Waals surface area contributed by atoms with Crippen LogP contribution in [0.5, 0.6) is 0 Å². The molecule has 1 aromatic rings. The molecule has 80 valence electrons. The van der Waals surface area contributed by atoms with Gasteiger partial charge in [0.25, 0.3) is 0 Å². The van der Waals surface area contributed by atoms with E-state index in [2.05, 4.69) is 10.7 Å². The first-order chi connectivity index (χ1) is 7.19. The lowest BCUT2D eigenvalue weighted by Gasteiger charge is -2.01. The smallest absolute Gasteiger partial charge is 0.339 e. The van der Waals surface area contributed by atoms with Crippen LogP contribution in [0, 0.1) is 12.3 Å². The third-order valence-electron chi connectivity index (χ3n) is 1.54. The minimum absolute atomic E-state index is 0.291. The van der Waals surface area contributed by atoms with Crippen LogP contribution >= 0.6 is 11.6 Å². The lowest BCUT2D eigenvalue weighted by atomic mass is 10.1. The van der Waals surface area contributed by atoms with Crippen molar-refractivity contribution in [1.82, 2.24) is 0 Å². The summed E-state index contributed by atoms with van der Waals surface area (Å²) in [6, 6.07) is 4.76. The first-order valence-corrected chi connectivity index (χ1v) is 4.91. The predicted octanol–water partition coefficient (Wildman–Crippen LogP) is 3.13. The number of terminal acetylenes is 1. The lowest BCUT2D eigenvalue weighted by Crippen LogP contribution is -2.02. The summed E-state index contributed by atoms with van der Waals surface area (Å²) in [7, 11) is 1.29. The molecule has 3 heteroatoms. The van der Waals surface area contributed by atoms with Crippen molar-refractivity contribution in [1.29, 1.82) is 0 Å². The molecule has 0 aliphatic carbocycles. The molecule has 0 amide bonds. The molecule has 1 aromatic carbocycles. The first kappa shape index (κ1) is 13.5. The van der Waals surface area contributed by atoms with Gasteiger partial charge in [-0.2, -0.15) is 0 Å². The number of carbonyl (C=O) groups is 1. The fourth-order valence-corrected chi connectivity index (χ4v) is 1.08. The van der Waals surface area contributed by atoms with Crippen molar-refractivity contribution in [3.05, 3.63) is 34.3 Å². The van der Waals surface area contributed by atoms with Crippen LogP contribution in [0.4, 0.5) is 0 Å². The van der Waals surface area contributed by atoms with E-state index in [0.29, 0.717) is 16.1 Å². The summed E-state index contributed by atoms with van der Waals surface area (Å²) in [5.41, 5.74) is 0.893. The molecular weight excluding hydrogens is 212 g/mol. The van der Waals surface area contributed by atoms with E-state index in [1.165, 1.54) is 13.2 Å². The number of methoxy groups -OCH3 is 1. The Bertz CT molecular complexity index is 378. The van der Waals surface area contributed by atoms with Gasteiger partial charge in [0.15, 0.2) is 0 Å². The van der Waals surface area contributed by atoms with Crippen molar-refractivity contribution in [3.8, 4) is 12.3 Å². The maximum Gasteiger partial charge on any atom is 0.339 e. The first-order valence-electron chi connectivity index (χ1n) is 4.53. The number of hydrogen-bond acceptors (Lipinski definition) is 2. The predicted molar refractivity (Wildman–Crippen MR) is 62.1 cm³/mol. The SMILES string of the molecule is C#Cc1ccc(Cl)c(C(=O)OC)c1.CC. The van der Waals surface area contributed by atoms with Gasteiger partial charge >= 0.3 is 5.97 Å². The molecule has 0 aromatic heterocycles. The maximum atomic E-state index is 11.1. The average molecular weight is 225 g/mol. The number of halogens is 1. The minimum atomic E-state index is -0.484. The molecule has 0 aliphatic rings. The van der Waals surface area contributed by atoms with Crippen LogP contribution in [0.3, 0.4) is 0 Å². The molecule has 0 aliphatic heterocycles. The van der Waals surface area contributed by atoms with Crippen molar-refractivity contribution in [2.24, 2.45) is 0 Å². The minimum Gasteiger partial charge on any atom is -0.465 e. The summed E-state index contributed by atoms with van der Waals surface area (Å²) in [4.78, 5) is 11.1. The molecule has 0 saturated carbocycles. The van der Waals surface area contributed by atoms with Gasteiger partial charge in [-0.05, 0) is 18.2 Å². The lowest BCUT2D eigenvalue weighted by molar-refractivity contribution is 0.0601. The highest BCUT2D eigenvalue weighted by atomic mass is 35.5. The third kappa shape index (κ3) is 3.65. The normalized spacial score (nSPS) is 8.20. The largest absolute Gasteiger partial charge is 0.465 e. The number of ether oxygens (including phenoxy) is 1. The van der Waals surface area contributed by atoms with E-state index in [9.17, 15) is 4.79 Å². The van der Waals surface area contributed by atoms with Crippen molar-refractivity contribution < 1.29 is 9.53 Å². The topological polar surface area (TPSA) is 26.3 Å². The van der Waals surface area contributed by atoms with Crippen LogP contribution in [0.2, 0.25) is 5.02 Å². The number of rotatable bonds is 1. The molecule has 0 heterocycles. The highest BCUT2D eigenvalue weighted by Gasteiger charge is 2.10. The Kier molecular flexibility index (Phi) is 6.24. The van der Waals surface area contributed by atoms with Gasteiger partial charge in [0.05, 0.1) is 17.7 Å². The number of benzene rings is 1. The van der Waals surface area contributed by atoms with E-state index < -0.39 is 5.97 Å². The Hall–Kier alpha value is -1.46. The second-order valence-electron chi connectivity index (χ2n) is 2.33. The van der Waals surface area contributed by atoms with Crippen molar-refractivity contribution >= 4 is 17.6 Å². The molecule has 0 N–H and O–H groups in total. The van der Waals surface area contributed by atoms with Crippen LogP contribution < -0.4 is 0 Å². The quantitative estimate of drug-likeness (QED) is 0.541. The van der Waals surface area contributed by atoms with E-state index in [0.717, 1.165) is 0 Å². The molecule has 0 bridgehead atoms. The van der Waals surface area contributed by atoms with Crippen LogP contribution in [-0.4, -0.2) is 13.1 Å². The summed E-state index contributed by atoms with van der Waals surface area (Å²) in [6.45, 7) is 4.00. The van der Waals surface area contributed by atoms with Gasteiger partial charge in [-0.15, -0.1) is 6.42 Å². The molecule has 15 heavy (non-hydrogen) atoms. The standard InChI is InChI=1S/C10H7ClO2.C2H6/c1-3-7-4-5-9(11)8(6-7)10(12)13-2;1-2/h1,4-6H,2H3;1-2H3. The van der Waals surface area contributed by atoms with Gasteiger partial charge in [-0.25, -0.2) is 4.79 Å². The second kappa shape index (κ2) is 6.92. The van der Waals surface area contributed by atoms with Gasteiger partial charge in [-0.3, -0.25) is 0 Å². The van der Waals surface area contributed by atoms with Gasteiger partial charge < -0.3 is 4.74 Å². The molecule has 0 atom stereocenters. The van der Waals surface area contributed by atoms with E-state index in [4.69, 9.17) is 18.0 Å². The fourth-order valence-electron chi connectivity index (χ4n) is 0.881. The highest BCUT2D eigenvalue weighted by Crippen LogP contribution is 2.17. The van der Waals surface area contributed by atoms with Crippen LogP contribution in [0.25, 0.3) is 0 Å². The second-order valence-corrected chi connectivity index (χ2v) is 2.74. The van der Waals surface area contributed by atoms with Crippen LogP contribution in [0.1, 0.15) is 29.8 Å². The summed E-state index contributed by atoms with van der Waals surface area (Å²) in [5, 5.41) is 0.339. The molecule has 0 spiro atoms. The number of hydrogen-bond donors (Lipinski definition) is 0. The van der Waals surface area contributed by atoms with Gasteiger partial charge in [0.1, 0.15) is 0 Å². The van der Waals surface area contributed by atoms with Gasteiger partial charge in [-0.1, -0.05) is 31.4 Å². The average Bonchev–Trinajstić information content (AvgIpc) is 2.31. The molecule has 0 unspecified atom stereocenters. The van der Waals surface area contributed by atoms with Crippen molar-refractivity contribution in [3.63, 3.8) is 0 Å². The Morgan fingerprint density at radius 3 is 2.53 bits per heavy atom. The molecule has 0 radical (unpaired) electrons. The Morgan fingerprint density at radius 2 is 2.07 bits per heavy atom. The summed E-state index contributed by atoms with van der Waals surface area (Å²) >= 11 is 5.76. The summed E-state index contributed by atoms with van der Waals surface area (Å²) in [5.74, 6) is 1.92. The van der Waals surface area contributed by atoms with E-state index in [1.54, 1.807) is 12.1 Å². The third-order valence-corrected chi connectivity index (χ3v) is 1.87. The maximum absolute atomic E-state index is 11.1. The van der Waals surface area contributed by atoms with Crippen LogP contribution in [-0.2, 0) is 4.74 Å². The van der Waals surface area contributed by atoms with E-state index >= 15 is 0 Å². The van der Waals surface area contributed by atoms with Crippen LogP contribution in [0.15, 0.2) is 18.2 Å². The molecule has 2 nitrogen and oxygen atoms in total. The Labute approximate surface area is 95.2 Å². The fraction of sp³-hybridized carbons (Fsp3) is 0.250. The van der Waals surface area contributed by atoms with Crippen molar-refractivity contribution in [2.45, 2.75) is 13.8 Å². The zero-order valence-corrected chi connectivity index (χ0v) is 9.76. The van der Waals surface area contributed by atoms with Gasteiger partial charge in [0.2, 0.25) is 0 Å². The van der Waals surface area contributed by atoms with Crippen molar-refractivity contribution in [2.75, 3.05) is 7.11 Å². The molecular formula is C12H13ClO2. The van der Waals surface area contributed by atoms with Gasteiger partial charge in [0, 0.05) is 5.56 Å². The highest BCUT2D eigenvalue weighted by molar-refractivity contribution is 6.33. The monoisotopic (exact) mass is 224 g/mol. The zero-order chi connectivity index (χ0) is 11.8. The summed E-state index contributed by atoms with van der Waals surface area (Å²) in [6.07, 6.45) is 5.17. The molecule has 1 rings (SSSR count). The zero-order valence-electron chi connectivity index (χ0n) is 9.00. The Morgan fingerprint density at radius 1 is 1.47 bits per heavy atom. The Balaban J connectivity index is 0.000000921. The number of esters is 1. The molecule has 0 fully saturated rings. The summed E-state index contributed by atoms with van der Waals surface area (Å²) < 4.78 is 4.52. The van der Waals surface area contributed by atoms with E-state index in [1.807, 2.05) is 13.8 Å².